The van der Waals surface area contributed by atoms with Crippen LogP contribution in [0.2, 0.25) is 0 Å². The van der Waals surface area contributed by atoms with E-state index >= 15 is 0 Å². The van der Waals surface area contributed by atoms with E-state index in [2.05, 4.69) is 0 Å². The molecule has 6 nitrogen and oxygen atoms in total. The van der Waals surface area contributed by atoms with Crippen LogP contribution in [0.3, 0.4) is 0 Å². The van der Waals surface area contributed by atoms with Gasteiger partial charge < -0.3 is 15.2 Å². The molecule has 0 heterocycles. The van der Waals surface area contributed by atoms with Crippen LogP contribution in [0.15, 0.2) is 12.1 Å². The van der Waals surface area contributed by atoms with Crippen LogP contribution in [0.25, 0.3) is 0 Å². The van der Waals surface area contributed by atoms with Crippen molar-refractivity contribution in [3.05, 3.63) is 27.8 Å². The van der Waals surface area contributed by atoms with Gasteiger partial charge in [0.05, 0.1) is 19.1 Å². The number of hydrogen-bond donors (Lipinski definition) is 1. The van der Waals surface area contributed by atoms with Crippen molar-refractivity contribution in [3.63, 3.8) is 0 Å². The lowest BCUT2D eigenvalue weighted by molar-refractivity contribution is -0.385. The molecule has 2 N–H and O–H groups in total. The molecule has 100 valence electrons. The van der Waals surface area contributed by atoms with Gasteiger partial charge in [0.1, 0.15) is 0 Å². The average molecular weight is 254 g/mol. The molecule has 0 saturated heterocycles. The minimum atomic E-state index is -0.489. The van der Waals surface area contributed by atoms with Crippen LogP contribution in [-0.4, -0.2) is 25.7 Å². The molecule has 1 aromatic carbocycles. The summed E-state index contributed by atoms with van der Waals surface area (Å²) in [7, 11) is 2.82. The molecule has 18 heavy (non-hydrogen) atoms. The fourth-order valence-corrected chi connectivity index (χ4v) is 1.59. The minimum absolute atomic E-state index is 0.117. The Labute approximate surface area is 106 Å². The number of nitro groups is 1. The molecule has 0 aliphatic carbocycles. The Hall–Kier alpha value is -1.82. The number of nitrogens with two attached hydrogens (primary N) is 1. The first kappa shape index (κ1) is 14.2. The monoisotopic (exact) mass is 254 g/mol. The number of rotatable bonds is 5. The van der Waals surface area contributed by atoms with Gasteiger partial charge in [-0.2, -0.15) is 0 Å². The van der Waals surface area contributed by atoms with Crippen LogP contribution in [0, 0.1) is 10.1 Å². The summed E-state index contributed by atoms with van der Waals surface area (Å²) in [6, 6.07) is 3.20. The summed E-state index contributed by atoms with van der Waals surface area (Å²) in [5.74, 6) is 0.460. The van der Waals surface area contributed by atoms with E-state index in [1.165, 1.54) is 20.3 Å². The molecular weight excluding hydrogens is 236 g/mol. The van der Waals surface area contributed by atoms with Crippen molar-refractivity contribution in [2.45, 2.75) is 19.3 Å². The quantitative estimate of drug-likeness (QED) is 0.640. The van der Waals surface area contributed by atoms with E-state index in [1.54, 1.807) is 6.07 Å². The summed E-state index contributed by atoms with van der Waals surface area (Å²) in [5, 5.41) is 11.1. The lowest BCUT2D eigenvalue weighted by atomic mass is 9.84. The molecule has 0 atom stereocenters. The normalized spacial score (nSPS) is 11.2. The number of nitrogens with zero attached hydrogens (tertiary/aromatic N) is 1. The van der Waals surface area contributed by atoms with Gasteiger partial charge in [0.2, 0.25) is 5.75 Å². The van der Waals surface area contributed by atoms with Crippen molar-refractivity contribution < 1.29 is 14.4 Å². The predicted molar refractivity (Wildman–Crippen MR) is 68.3 cm³/mol. The van der Waals surface area contributed by atoms with E-state index in [0.717, 1.165) is 5.56 Å². The summed E-state index contributed by atoms with van der Waals surface area (Å²) in [6.07, 6.45) is 0. The van der Waals surface area contributed by atoms with E-state index in [4.69, 9.17) is 15.2 Å². The highest BCUT2D eigenvalue weighted by Gasteiger charge is 2.27. The molecule has 0 bridgehead atoms. The molecule has 1 aromatic rings. The number of methoxy groups -OCH3 is 2. The first-order valence-corrected chi connectivity index (χ1v) is 5.48. The van der Waals surface area contributed by atoms with Crippen molar-refractivity contribution in [1.82, 2.24) is 0 Å². The highest BCUT2D eigenvalue weighted by Crippen LogP contribution is 2.40. The van der Waals surface area contributed by atoms with Gasteiger partial charge in [0, 0.05) is 18.0 Å². The van der Waals surface area contributed by atoms with Gasteiger partial charge in [-0.3, -0.25) is 10.1 Å². The Kier molecular flexibility index (Phi) is 4.13. The molecule has 0 unspecified atom stereocenters. The summed E-state index contributed by atoms with van der Waals surface area (Å²) in [6.45, 7) is 4.20. The smallest absolute Gasteiger partial charge is 0.315 e. The maximum absolute atomic E-state index is 11.1. The SMILES string of the molecule is COc1cc(C(C)(C)CN)cc([N+](=O)[O-])c1OC. The van der Waals surface area contributed by atoms with Gasteiger partial charge in [-0.1, -0.05) is 13.8 Å². The third-order valence-corrected chi connectivity index (χ3v) is 2.95. The van der Waals surface area contributed by atoms with Crippen molar-refractivity contribution in [1.29, 1.82) is 0 Å². The van der Waals surface area contributed by atoms with Crippen LogP contribution in [0.4, 0.5) is 5.69 Å². The number of ether oxygens (including phenoxy) is 2. The zero-order chi connectivity index (χ0) is 13.9. The molecule has 1 rings (SSSR count). The van der Waals surface area contributed by atoms with Gasteiger partial charge in [0.25, 0.3) is 0 Å². The lowest BCUT2D eigenvalue weighted by Crippen LogP contribution is -2.28. The van der Waals surface area contributed by atoms with Gasteiger partial charge in [-0.05, 0) is 11.6 Å². The molecule has 0 amide bonds. The second kappa shape index (κ2) is 5.22. The third kappa shape index (κ3) is 2.53. The second-order valence-electron chi connectivity index (χ2n) is 4.58. The Morgan fingerprint density at radius 2 is 1.94 bits per heavy atom. The zero-order valence-corrected chi connectivity index (χ0v) is 11.0. The molecule has 0 fully saturated rings. The van der Waals surface area contributed by atoms with E-state index < -0.39 is 4.92 Å². The Bertz CT molecular complexity index is 458. The lowest BCUT2D eigenvalue weighted by Gasteiger charge is -2.24. The molecule has 0 radical (unpaired) electrons. The number of nitro benzene ring substituents is 1. The van der Waals surface area contributed by atoms with Crippen LogP contribution >= 0.6 is 0 Å². The zero-order valence-electron chi connectivity index (χ0n) is 11.0. The maximum Gasteiger partial charge on any atom is 0.315 e. The van der Waals surface area contributed by atoms with Gasteiger partial charge >= 0.3 is 5.69 Å². The summed E-state index contributed by atoms with van der Waals surface area (Å²) >= 11 is 0. The standard InChI is InChI=1S/C12H18N2O4/c1-12(2,7-13)8-5-9(14(15)16)11(18-4)10(6-8)17-3/h5-6H,7,13H2,1-4H3. The first-order chi connectivity index (χ1) is 8.37. The third-order valence-electron chi connectivity index (χ3n) is 2.95. The number of benzene rings is 1. The van der Waals surface area contributed by atoms with Crippen LogP contribution in [0.1, 0.15) is 19.4 Å². The molecule has 0 aromatic heterocycles. The largest absolute Gasteiger partial charge is 0.493 e. The minimum Gasteiger partial charge on any atom is -0.493 e. The van der Waals surface area contributed by atoms with Gasteiger partial charge in [-0.25, -0.2) is 0 Å². The predicted octanol–water partition coefficient (Wildman–Crippen LogP) is 1.85. The Balaban J connectivity index is 3.51. The molecule has 6 heteroatoms. The van der Waals surface area contributed by atoms with Crippen molar-refractivity contribution in [2.24, 2.45) is 5.73 Å². The number of hydrogen-bond acceptors (Lipinski definition) is 5. The maximum atomic E-state index is 11.1. The average Bonchev–Trinajstić information content (AvgIpc) is 2.36. The van der Waals surface area contributed by atoms with Crippen molar-refractivity contribution in [2.75, 3.05) is 20.8 Å². The van der Waals surface area contributed by atoms with Crippen molar-refractivity contribution in [3.8, 4) is 11.5 Å². The van der Waals surface area contributed by atoms with E-state index in [9.17, 15) is 10.1 Å². The van der Waals surface area contributed by atoms with Gasteiger partial charge in [-0.15, -0.1) is 0 Å². The van der Waals surface area contributed by atoms with Gasteiger partial charge in [0.15, 0.2) is 5.75 Å². The van der Waals surface area contributed by atoms with E-state index in [1.807, 2.05) is 13.8 Å². The molecule has 0 aliphatic rings. The summed E-state index contributed by atoms with van der Waals surface area (Å²) in [4.78, 5) is 10.6. The van der Waals surface area contributed by atoms with Crippen molar-refractivity contribution >= 4 is 5.69 Å². The topological polar surface area (TPSA) is 87.6 Å². The van der Waals surface area contributed by atoms with E-state index in [0.29, 0.717) is 12.3 Å². The molecular formula is C12H18N2O4. The van der Waals surface area contributed by atoms with Crippen LogP contribution in [-0.2, 0) is 5.41 Å². The molecule has 0 aliphatic heterocycles. The van der Waals surface area contributed by atoms with Crippen LogP contribution < -0.4 is 15.2 Å². The Morgan fingerprint density at radius 3 is 2.33 bits per heavy atom. The first-order valence-electron chi connectivity index (χ1n) is 5.48. The fraction of sp³-hybridized carbons (Fsp3) is 0.500. The summed E-state index contributed by atoms with van der Waals surface area (Å²) in [5.41, 5.74) is 5.94. The second-order valence-corrected chi connectivity index (χ2v) is 4.58. The molecule has 0 saturated carbocycles. The Morgan fingerprint density at radius 1 is 1.33 bits per heavy atom. The summed E-state index contributed by atoms with van der Waals surface area (Å²) < 4.78 is 10.2. The van der Waals surface area contributed by atoms with Crippen LogP contribution in [0.5, 0.6) is 11.5 Å². The molecule has 0 spiro atoms. The van der Waals surface area contributed by atoms with E-state index in [-0.39, 0.29) is 16.9 Å². The highest BCUT2D eigenvalue weighted by atomic mass is 16.6. The highest BCUT2D eigenvalue weighted by molar-refractivity contribution is 5.59. The fourth-order valence-electron chi connectivity index (χ4n) is 1.59.